The highest BCUT2D eigenvalue weighted by atomic mass is 16.6. The molecule has 1 heterocycles. The molecule has 6 heteroatoms. The first-order valence-electron chi connectivity index (χ1n) is 6.55. The van der Waals surface area contributed by atoms with E-state index >= 15 is 0 Å². The molecule has 0 spiro atoms. The summed E-state index contributed by atoms with van der Waals surface area (Å²) in [7, 11) is 0. The summed E-state index contributed by atoms with van der Waals surface area (Å²) in [5.74, 6) is 1.26. The minimum Gasteiger partial charge on any atom is -0.477 e. The van der Waals surface area contributed by atoms with E-state index in [-0.39, 0.29) is 5.69 Å². The summed E-state index contributed by atoms with van der Waals surface area (Å²) in [5.41, 5.74) is 6.30. The van der Waals surface area contributed by atoms with E-state index in [1.54, 1.807) is 6.92 Å². The number of hydrogen-bond donors (Lipinski definition) is 1. The molecule has 2 atom stereocenters. The largest absolute Gasteiger partial charge is 0.477 e. The molecule has 1 fully saturated rings. The molecule has 19 heavy (non-hydrogen) atoms. The molecule has 1 aliphatic carbocycles. The lowest BCUT2D eigenvalue weighted by Crippen LogP contribution is -2.23. The van der Waals surface area contributed by atoms with Crippen molar-refractivity contribution in [1.29, 1.82) is 0 Å². The highest BCUT2D eigenvalue weighted by molar-refractivity contribution is 5.40. The maximum absolute atomic E-state index is 10.8. The van der Waals surface area contributed by atoms with Gasteiger partial charge >= 0.3 is 0 Å². The number of aromatic nitrogens is 1. The molecule has 0 radical (unpaired) electrons. The van der Waals surface area contributed by atoms with Crippen LogP contribution in [-0.2, 0) is 0 Å². The van der Waals surface area contributed by atoms with Gasteiger partial charge in [-0.3, -0.25) is 10.1 Å². The topological polar surface area (TPSA) is 91.3 Å². The van der Waals surface area contributed by atoms with Crippen LogP contribution in [0.5, 0.6) is 5.88 Å². The van der Waals surface area contributed by atoms with Crippen LogP contribution in [0, 0.1) is 28.9 Å². The SMILES string of the molecule is Cc1cnc(OCC2CCCC2CN)cc1[N+](=O)[O-]. The van der Waals surface area contributed by atoms with Crippen molar-refractivity contribution in [3.8, 4) is 5.88 Å². The Morgan fingerprint density at radius 3 is 2.95 bits per heavy atom. The number of pyridine rings is 1. The van der Waals surface area contributed by atoms with Gasteiger partial charge in [0.2, 0.25) is 5.88 Å². The average Bonchev–Trinajstić information content (AvgIpc) is 2.84. The molecule has 6 nitrogen and oxygen atoms in total. The molecule has 1 aliphatic rings. The van der Waals surface area contributed by atoms with Crippen LogP contribution in [0.4, 0.5) is 5.69 Å². The van der Waals surface area contributed by atoms with E-state index in [1.165, 1.54) is 18.7 Å². The molecule has 2 unspecified atom stereocenters. The van der Waals surface area contributed by atoms with E-state index in [0.29, 0.717) is 36.4 Å². The number of hydrogen-bond acceptors (Lipinski definition) is 5. The van der Waals surface area contributed by atoms with Crippen molar-refractivity contribution in [1.82, 2.24) is 4.98 Å². The Bertz CT molecular complexity index is 464. The third kappa shape index (κ3) is 3.20. The Morgan fingerprint density at radius 2 is 2.26 bits per heavy atom. The average molecular weight is 265 g/mol. The highest BCUT2D eigenvalue weighted by Gasteiger charge is 2.26. The van der Waals surface area contributed by atoms with Gasteiger partial charge in [-0.25, -0.2) is 4.98 Å². The van der Waals surface area contributed by atoms with Gasteiger partial charge in [0.1, 0.15) is 0 Å². The van der Waals surface area contributed by atoms with Crippen LogP contribution in [0.1, 0.15) is 24.8 Å². The second kappa shape index (κ2) is 5.97. The van der Waals surface area contributed by atoms with Gasteiger partial charge in [0.05, 0.1) is 17.6 Å². The van der Waals surface area contributed by atoms with E-state index in [1.807, 2.05) is 0 Å². The van der Waals surface area contributed by atoms with E-state index < -0.39 is 4.92 Å². The second-order valence-electron chi connectivity index (χ2n) is 5.06. The lowest BCUT2D eigenvalue weighted by atomic mass is 9.97. The standard InChI is InChI=1S/C13H19N3O3/c1-9-7-15-13(5-12(9)16(17)18)19-8-11-4-2-3-10(11)6-14/h5,7,10-11H,2-4,6,8,14H2,1H3. The molecule has 0 aliphatic heterocycles. The predicted molar refractivity (Wildman–Crippen MR) is 71.0 cm³/mol. The van der Waals surface area contributed by atoms with Gasteiger partial charge in [-0.2, -0.15) is 0 Å². The number of ether oxygens (including phenoxy) is 1. The predicted octanol–water partition coefficient (Wildman–Crippen LogP) is 2.05. The third-order valence-electron chi connectivity index (χ3n) is 3.81. The van der Waals surface area contributed by atoms with Gasteiger partial charge in [0, 0.05) is 11.8 Å². The van der Waals surface area contributed by atoms with E-state index in [4.69, 9.17) is 10.5 Å². The molecule has 0 amide bonds. The number of nitrogens with zero attached hydrogens (tertiary/aromatic N) is 2. The number of nitrogens with two attached hydrogens (primary N) is 1. The van der Waals surface area contributed by atoms with Crippen molar-refractivity contribution in [2.75, 3.05) is 13.2 Å². The summed E-state index contributed by atoms with van der Waals surface area (Å²) in [4.78, 5) is 14.5. The van der Waals surface area contributed by atoms with Gasteiger partial charge in [-0.1, -0.05) is 6.42 Å². The van der Waals surface area contributed by atoms with Gasteiger partial charge in [-0.15, -0.1) is 0 Å². The van der Waals surface area contributed by atoms with Crippen LogP contribution < -0.4 is 10.5 Å². The molecule has 2 N–H and O–H groups in total. The van der Waals surface area contributed by atoms with Crippen LogP contribution >= 0.6 is 0 Å². The minimum absolute atomic E-state index is 0.0480. The lowest BCUT2D eigenvalue weighted by Gasteiger charge is -2.17. The quantitative estimate of drug-likeness (QED) is 0.649. The molecule has 104 valence electrons. The van der Waals surface area contributed by atoms with Crippen LogP contribution in [0.2, 0.25) is 0 Å². The van der Waals surface area contributed by atoms with Crippen molar-refractivity contribution < 1.29 is 9.66 Å². The Balaban J connectivity index is 2.00. The zero-order chi connectivity index (χ0) is 13.8. The minimum atomic E-state index is -0.415. The maximum Gasteiger partial charge on any atom is 0.279 e. The van der Waals surface area contributed by atoms with E-state index in [2.05, 4.69) is 4.98 Å². The van der Waals surface area contributed by atoms with Gasteiger partial charge < -0.3 is 10.5 Å². The first-order valence-corrected chi connectivity index (χ1v) is 6.55. The summed E-state index contributed by atoms with van der Waals surface area (Å²) in [6.07, 6.45) is 4.90. The first-order chi connectivity index (χ1) is 9.11. The zero-order valence-corrected chi connectivity index (χ0v) is 11.0. The van der Waals surface area contributed by atoms with E-state index in [0.717, 1.165) is 12.8 Å². The van der Waals surface area contributed by atoms with Crippen LogP contribution in [0.25, 0.3) is 0 Å². The number of rotatable bonds is 5. The Morgan fingerprint density at radius 1 is 1.53 bits per heavy atom. The van der Waals surface area contributed by atoms with Crippen molar-refractivity contribution in [3.05, 3.63) is 27.9 Å². The van der Waals surface area contributed by atoms with Crippen molar-refractivity contribution in [2.24, 2.45) is 17.6 Å². The molecule has 0 bridgehead atoms. The fourth-order valence-corrected chi connectivity index (χ4v) is 2.61. The summed E-state index contributed by atoms with van der Waals surface area (Å²) >= 11 is 0. The van der Waals surface area contributed by atoms with Crippen molar-refractivity contribution >= 4 is 5.69 Å². The molecule has 0 saturated heterocycles. The molecule has 1 saturated carbocycles. The van der Waals surface area contributed by atoms with Gasteiger partial charge in [-0.05, 0) is 38.1 Å². The fourth-order valence-electron chi connectivity index (χ4n) is 2.61. The second-order valence-corrected chi connectivity index (χ2v) is 5.06. The number of aryl methyl sites for hydroxylation is 1. The van der Waals surface area contributed by atoms with Gasteiger partial charge in [0.15, 0.2) is 0 Å². The van der Waals surface area contributed by atoms with Crippen molar-refractivity contribution in [2.45, 2.75) is 26.2 Å². The maximum atomic E-state index is 10.8. The molecule has 2 rings (SSSR count). The highest BCUT2D eigenvalue weighted by Crippen LogP contribution is 2.31. The van der Waals surface area contributed by atoms with Crippen LogP contribution in [0.3, 0.4) is 0 Å². The van der Waals surface area contributed by atoms with Gasteiger partial charge in [0.25, 0.3) is 5.69 Å². The number of nitro groups is 1. The molecular formula is C13H19N3O3. The zero-order valence-electron chi connectivity index (χ0n) is 11.0. The smallest absolute Gasteiger partial charge is 0.279 e. The third-order valence-corrected chi connectivity index (χ3v) is 3.81. The lowest BCUT2D eigenvalue weighted by molar-refractivity contribution is -0.385. The summed E-state index contributed by atoms with van der Waals surface area (Å²) < 4.78 is 5.60. The Hall–Kier alpha value is -1.69. The monoisotopic (exact) mass is 265 g/mol. The molecular weight excluding hydrogens is 246 g/mol. The summed E-state index contributed by atoms with van der Waals surface area (Å²) in [5, 5.41) is 10.8. The fraction of sp³-hybridized carbons (Fsp3) is 0.615. The van der Waals surface area contributed by atoms with E-state index in [9.17, 15) is 10.1 Å². The summed E-state index contributed by atoms with van der Waals surface area (Å²) in [6, 6.07) is 1.39. The Kier molecular flexibility index (Phi) is 4.31. The molecule has 1 aromatic rings. The molecule has 0 aromatic carbocycles. The Labute approximate surface area is 112 Å². The molecule has 1 aromatic heterocycles. The first kappa shape index (κ1) is 13.7. The normalized spacial score (nSPS) is 22.4. The van der Waals surface area contributed by atoms with Crippen LogP contribution in [0.15, 0.2) is 12.3 Å². The van der Waals surface area contributed by atoms with Crippen LogP contribution in [-0.4, -0.2) is 23.1 Å². The summed E-state index contributed by atoms with van der Waals surface area (Å²) in [6.45, 7) is 2.88. The van der Waals surface area contributed by atoms with Crippen molar-refractivity contribution in [3.63, 3.8) is 0 Å².